The zero-order chi connectivity index (χ0) is 18.1. The maximum atomic E-state index is 14.6. The van der Waals surface area contributed by atoms with Crippen molar-refractivity contribution in [1.82, 2.24) is 9.55 Å². The topological polar surface area (TPSA) is 46.9 Å². The normalized spacial score (nSPS) is 10.8. The van der Waals surface area contributed by atoms with Crippen molar-refractivity contribution >= 4 is 22.6 Å². The predicted molar refractivity (Wildman–Crippen MR) is 101 cm³/mol. The average molecular weight is 345 g/mol. The fourth-order valence-corrected chi connectivity index (χ4v) is 3.02. The van der Waals surface area contributed by atoms with E-state index < -0.39 is 5.95 Å². The molecule has 0 aliphatic carbocycles. The lowest BCUT2D eigenvalue weighted by atomic mass is 10.2. The first kappa shape index (κ1) is 16.0. The molecule has 4 rings (SSSR count). The Morgan fingerprint density at radius 1 is 1.00 bits per heavy atom. The number of para-hydroxylation sites is 1. The van der Waals surface area contributed by atoms with Crippen LogP contribution in [-0.2, 0) is 7.05 Å². The van der Waals surface area contributed by atoms with Crippen LogP contribution in [0, 0.1) is 5.95 Å². The van der Waals surface area contributed by atoms with Gasteiger partial charge in [0.05, 0.1) is 11.3 Å². The number of nitrogens with one attached hydrogen (secondary N) is 1. The van der Waals surface area contributed by atoms with Gasteiger partial charge < -0.3 is 9.88 Å². The van der Waals surface area contributed by atoms with E-state index in [1.165, 1.54) is 0 Å². The maximum absolute atomic E-state index is 14.6. The second kappa shape index (κ2) is 6.44. The zero-order valence-electron chi connectivity index (χ0n) is 14.1. The molecule has 2 aromatic heterocycles. The van der Waals surface area contributed by atoms with Crippen LogP contribution in [0.1, 0.15) is 10.4 Å². The van der Waals surface area contributed by atoms with Crippen molar-refractivity contribution in [1.29, 1.82) is 0 Å². The standard InChI is InChI=1S/C21H16FN3O/c1-25-17-10-6-5-9-15(17)13-18(25)16-11-12-19(23-20(16)22)24-21(26)14-7-3-2-4-8-14/h2-13H,1H3,(H,23,24,26). The minimum absolute atomic E-state index is 0.180. The first-order chi connectivity index (χ1) is 12.6. The van der Waals surface area contributed by atoms with Gasteiger partial charge in [0.1, 0.15) is 5.82 Å². The van der Waals surface area contributed by atoms with Crippen LogP contribution >= 0.6 is 0 Å². The average Bonchev–Trinajstić information content (AvgIpc) is 2.99. The summed E-state index contributed by atoms with van der Waals surface area (Å²) < 4.78 is 16.5. The molecule has 4 nitrogen and oxygen atoms in total. The van der Waals surface area contributed by atoms with E-state index in [0.717, 1.165) is 16.6 Å². The monoisotopic (exact) mass is 345 g/mol. The second-order valence-corrected chi connectivity index (χ2v) is 6.00. The Morgan fingerprint density at radius 2 is 1.73 bits per heavy atom. The van der Waals surface area contributed by atoms with Gasteiger partial charge in [-0.1, -0.05) is 36.4 Å². The molecule has 0 saturated heterocycles. The number of nitrogens with zero attached hydrogens (tertiary/aromatic N) is 2. The Bertz CT molecular complexity index is 1100. The maximum Gasteiger partial charge on any atom is 0.256 e. The number of hydrogen-bond acceptors (Lipinski definition) is 2. The number of halogens is 1. The molecule has 128 valence electrons. The number of anilines is 1. The van der Waals surface area contributed by atoms with E-state index in [4.69, 9.17) is 0 Å². The molecule has 0 atom stereocenters. The van der Waals surface area contributed by atoms with Crippen LogP contribution in [0.25, 0.3) is 22.2 Å². The van der Waals surface area contributed by atoms with Crippen molar-refractivity contribution in [3.05, 3.63) is 84.3 Å². The van der Waals surface area contributed by atoms with Gasteiger partial charge in [-0.25, -0.2) is 4.98 Å². The number of rotatable bonds is 3. The molecular weight excluding hydrogens is 329 g/mol. The van der Waals surface area contributed by atoms with Crippen molar-refractivity contribution in [2.45, 2.75) is 0 Å². The number of aromatic nitrogens is 2. The molecule has 5 heteroatoms. The minimum atomic E-state index is -0.623. The van der Waals surface area contributed by atoms with Gasteiger partial charge in [-0.2, -0.15) is 4.39 Å². The summed E-state index contributed by atoms with van der Waals surface area (Å²) in [6.07, 6.45) is 0. The van der Waals surface area contributed by atoms with Crippen LogP contribution in [0.5, 0.6) is 0 Å². The molecule has 26 heavy (non-hydrogen) atoms. The van der Waals surface area contributed by atoms with E-state index in [1.807, 2.05) is 48.0 Å². The lowest BCUT2D eigenvalue weighted by Gasteiger charge is -2.08. The summed E-state index contributed by atoms with van der Waals surface area (Å²) in [6, 6.07) is 21.8. The molecule has 0 aliphatic rings. The summed E-state index contributed by atoms with van der Waals surface area (Å²) in [7, 11) is 1.89. The molecule has 0 spiro atoms. The van der Waals surface area contributed by atoms with Crippen molar-refractivity contribution in [3.8, 4) is 11.3 Å². The highest BCUT2D eigenvalue weighted by atomic mass is 19.1. The van der Waals surface area contributed by atoms with Gasteiger partial charge in [-0.15, -0.1) is 0 Å². The van der Waals surface area contributed by atoms with E-state index in [-0.39, 0.29) is 11.7 Å². The van der Waals surface area contributed by atoms with E-state index in [2.05, 4.69) is 10.3 Å². The van der Waals surface area contributed by atoms with E-state index in [9.17, 15) is 9.18 Å². The summed E-state index contributed by atoms with van der Waals surface area (Å²) in [5, 5.41) is 3.66. The quantitative estimate of drug-likeness (QED) is 0.550. The van der Waals surface area contributed by atoms with Crippen LogP contribution in [0.3, 0.4) is 0 Å². The van der Waals surface area contributed by atoms with Crippen LogP contribution in [0.2, 0.25) is 0 Å². The molecule has 0 aliphatic heterocycles. The van der Waals surface area contributed by atoms with Crippen LogP contribution in [-0.4, -0.2) is 15.5 Å². The smallest absolute Gasteiger partial charge is 0.256 e. The zero-order valence-corrected chi connectivity index (χ0v) is 14.1. The number of carbonyl (C=O) groups excluding carboxylic acids is 1. The van der Waals surface area contributed by atoms with Gasteiger partial charge in [0, 0.05) is 23.5 Å². The Labute approximate surface area is 149 Å². The third-order valence-corrected chi connectivity index (χ3v) is 4.35. The fraction of sp³-hybridized carbons (Fsp3) is 0.0476. The number of pyridine rings is 1. The molecular formula is C21H16FN3O. The van der Waals surface area contributed by atoms with Gasteiger partial charge in [-0.05, 0) is 36.4 Å². The Morgan fingerprint density at radius 3 is 2.46 bits per heavy atom. The summed E-state index contributed by atoms with van der Waals surface area (Å²) in [4.78, 5) is 16.1. The second-order valence-electron chi connectivity index (χ2n) is 6.00. The number of hydrogen-bond donors (Lipinski definition) is 1. The largest absolute Gasteiger partial charge is 0.343 e. The fourth-order valence-electron chi connectivity index (χ4n) is 3.02. The summed E-state index contributed by atoms with van der Waals surface area (Å²) in [5.41, 5.74) is 2.63. The van der Waals surface area contributed by atoms with E-state index >= 15 is 0 Å². The van der Waals surface area contributed by atoms with Crippen molar-refractivity contribution < 1.29 is 9.18 Å². The molecule has 4 aromatic rings. The molecule has 2 heterocycles. The highest BCUT2D eigenvalue weighted by molar-refractivity contribution is 6.03. The Hall–Kier alpha value is -3.47. The number of amides is 1. The summed E-state index contributed by atoms with van der Waals surface area (Å²) in [5.74, 6) is -0.768. The van der Waals surface area contributed by atoms with Gasteiger partial charge in [-0.3, -0.25) is 4.79 Å². The lowest BCUT2D eigenvalue weighted by molar-refractivity contribution is 0.102. The Balaban J connectivity index is 1.65. The van der Waals surface area contributed by atoms with Gasteiger partial charge >= 0.3 is 0 Å². The predicted octanol–water partition coefficient (Wildman–Crippen LogP) is 4.63. The molecule has 1 amide bonds. The van der Waals surface area contributed by atoms with Crippen molar-refractivity contribution in [2.75, 3.05) is 5.32 Å². The Kier molecular flexibility index (Phi) is 3.97. The first-order valence-corrected chi connectivity index (χ1v) is 8.21. The molecule has 0 unspecified atom stereocenters. The molecule has 0 fully saturated rings. The number of benzene rings is 2. The summed E-state index contributed by atoms with van der Waals surface area (Å²) >= 11 is 0. The van der Waals surface area contributed by atoms with Gasteiger partial charge in [0.2, 0.25) is 5.95 Å². The highest BCUT2D eigenvalue weighted by Gasteiger charge is 2.14. The highest BCUT2D eigenvalue weighted by Crippen LogP contribution is 2.29. The van der Waals surface area contributed by atoms with E-state index in [1.54, 1.807) is 36.4 Å². The van der Waals surface area contributed by atoms with Gasteiger partial charge in [0.25, 0.3) is 5.91 Å². The molecule has 0 saturated carbocycles. The first-order valence-electron chi connectivity index (χ1n) is 8.21. The SMILES string of the molecule is Cn1c(-c2ccc(NC(=O)c3ccccc3)nc2F)cc2ccccc21. The number of fused-ring (bicyclic) bond motifs is 1. The number of carbonyl (C=O) groups is 1. The number of aryl methyl sites for hydroxylation is 1. The van der Waals surface area contributed by atoms with Crippen molar-refractivity contribution in [2.24, 2.45) is 7.05 Å². The third kappa shape index (κ3) is 2.84. The van der Waals surface area contributed by atoms with Crippen LogP contribution in [0.4, 0.5) is 10.2 Å². The van der Waals surface area contributed by atoms with Crippen LogP contribution < -0.4 is 5.32 Å². The van der Waals surface area contributed by atoms with E-state index in [0.29, 0.717) is 11.1 Å². The molecule has 2 aromatic carbocycles. The van der Waals surface area contributed by atoms with Gasteiger partial charge in [0.15, 0.2) is 0 Å². The molecule has 1 N–H and O–H groups in total. The molecule has 0 radical (unpaired) electrons. The minimum Gasteiger partial charge on any atom is -0.343 e. The third-order valence-electron chi connectivity index (χ3n) is 4.35. The lowest BCUT2D eigenvalue weighted by Crippen LogP contribution is -2.13. The molecule has 0 bridgehead atoms. The summed E-state index contributed by atoms with van der Waals surface area (Å²) in [6.45, 7) is 0. The van der Waals surface area contributed by atoms with Crippen molar-refractivity contribution in [3.63, 3.8) is 0 Å². The van der Waals surface area contributed by atoms with Crippen LogP contribution in [0.15, 0.2) is 72.8 Å².